The Balaban J connectivity index is 1.89. The molecule has 8 heteroatoms. The van der Waals surface area contributed by atoms with Crippen molar-refractivity contribution in [2.45, 2.75) is 23.6 Å². The average molecular weight is 483 g/mol. The van der Waals surface area contributed by atoms with Gasteiger partial charge in [0, 0.05) is 17.7 Å². The van der Waals surface area contributed by atoms with E-state index in [2.05, 4.69) is 11.6 Å². The van der Waals surface area contributed by atoms with Crippen LogP contribution in [0.2, 0.25) is 0 Å². The number of sulfone groups is 1. The lowest BCUT2D eigenvalue weighted by Crippen LogP contribution is -2.14. The van der Waals surface area contributed by atoms with E-state index in [4.69, 9.17) is 0 Å². The van der Waals surface area contributed by atoms with Crippen LogP contribution in [0, 0.1) is 0 Å². The van der Waals surface area contributed by atoms with Crippen molar-refractivity contribution in [3.05, 3.63) is 109 Å². The number of halogens is 3. The molecule has 0 unspecified atom stereocenters. The first kappa shape index (κ1) is 23.5. The summed E-state index contributed by atoms with van der Waals surface area (Å²) in [5.74, 6) is -0.618. The molecule has 0 atom stereocenters. The number of hydrogen-bond donors (Lipinski definition) is 0. The van der Waals surface area contributed by atoms with Crippen molar-refractivity contribution in [2.24, 2.45) is 0 Å². The molecule has 4 aromatic rings. The van der Waals surface area contributed by atoms with Crippen molar-refractivity contribution >= 4 is 9.84 Å². The molecule has 4 nitrogen and oxygen atoms in total. The Labute approximate surface area is 195 Å². The quantitative estimate of drug-likeness (QED) is 0.287. The van der Waals surface area contributed by atoms with Crippen LogP contribution in [0.25, 0.3) is 22.5 Å². The fourth-order valence-electron chi connectivity index (χ4n) is 3.78. The number of rotatable bonds is 7. The molecule has 0 amide bonds. The minimum Gasteiger partial charge on any atom is -0.310 e. The third-order valence-corrected chi connectivity index (χ3v) is 6.81. The molecule has 4 rings (SSSR count). The first-order valence-corrected chi connectivity index (χ1v) is 12.1. The lowest BCUT2D eigenvalue weighted by Gasteiger charge is -2.12. The zero-order chi connectivity index (χ0) is 24.3. The summed E-state index contributed by atoms with van der Waals surface area (Å²) in [6.45, 7) is 3.90. The molecule has 0 aliphatic carbocycles. The van der Waals surface area contributed by atoms with Gasteiger partial charge in [0.1, 0.15) is 0 Å². The Hall–Kier alpha value is -3.65. The highest BCUT2D eigenvalue weighted by Gasteiger charge is 2.32. The highest BCUT2D eigenvalue weighted by molar-refractivity contribution is 7.90. The van der Waals surface area contributed by atoms with Crippen LogP contribution in [0.5, 0.6) is 0 Å². The second kappa shape index (κ2) is 9.30. The maximum absolute atomic E-state index is 13.5. The summed E-state index contributed by atoms with van der Waals surface area (Å²) in [7, 11) is -4.11. The Kier molecular flexibility index (Phi) is 6.43. The predicted molar refractivity (Wildman–Crippen MR) is 126 cm³/mol. The zero-order valence-corrected chi connectivity index (χ0v) is 18.9. The monoisotopic (exact) mass is 482 g/mol. The van der Waals surface area contributed by atoms with E-state index in [9.17, 15) is 21.6 Å². The maximum atomic E-state index is 13.5. The summed E-state index contributed by atoms with van der Waals surface area (Å²) in [6, 6.07) is 22.7. The van der Waals surface area contributed by atoms with Crippen LogP contribution >= 0.6 is 0 Å². The van der Waals surface area contributed by atoms with Crippen molar-refractivity contribution in [1.82, 2.24) is 9.55 Å². The van der Waals surface area contributed by atoms with Crippen LogP contribution < -0.4 is 0 Å². The molecular weight excluding hydrogens is 461 g/mol. The summed E-state index contributed by atoms with van der Waals surface area (Å²) in [5, 5.41) is -0.220. The van der Waals surface area contributed by atoms with E-state index < -0.39 is 27.3 Å². The minimum absolute atomic E-state index is 0.0329. The lowest BCUT2D eigenvalue weighted by molar-refractivity contribution is -0.137. The van der Waals surface area contributed by atoms with E-state index >= 15 is 0 Å². The van der Waals surface area contributed by atoms with Crippen LogP contribution in [0.15, 0.2) is 103 Å². The normalized spacial score (nSPS) is 12.0. The lowest BCUT2D eigenvalue weighted by atomic mass is 10.0. The van der Waals surface area contributed by atoms with E-state index in [1.165, 1.54) is 12.1 Å². The van der Waals surface area contributed by atoms with Gasteiger partial charge in [-0.1, -0.05) is 84.9 Å². The standard InChI is InChI=1S/C26H21F3N2O2S/c1-2-16-31-24(21-13-7-4-8-14-21)23(20-11-5-3-6-12-20)30-25(31)34(32,33)18-19-10-9-15-22(17-19)26(27,28)29/h2-15,17H,1,16,18H2. The van der Waals surface area contributed by atoms with Crippen LogP contribution in [0.1, 0.15) is 11.1 Å². The van der Waals surface area contributed by atoms with Gasteiger partial charge < -0.3 is 4.57 Å². The van der Waals surface area contributed by atoms with Gasteiger partial charge in [0.25, 0.3) is 0 Å². The third kappa shape index (κ3) is 4.82. The second-order valence-electron chi connectivity index (χ2n) is 7.68. The molecule has 0 N–H and O–H groups in total. The molecule has 0 saturated heterocycles. The predicted octanol–water partition coefficient (Wildman–Crippen LogP) is 6.40. The van der Waals surface area contributed by atoms with Crippen molar-refractivity contribution in [2.75, 3.05) is 0 Å². The van der Waals surface area contributed by atoms with Gasteiger partial charge >= 0.3 is 6.18 Å². The van der Waals surface area contributed by atoms with E-state index in [0.717, 1.165) is 23.3 Å². The van der Waals surface area contributed by atoms with Gasteiger partial charge in [-0.3, -0.25) is 0 Å². The Morgan fingerprint density at radius 2 is 1.50 bits per heavy atom. The molecular formula is C26H21F3N2O2S. The Morgan fingerprint density at radius 3 is 2.09 bits per heavy atom. The van der Waals surface area contributed by atoms with Crippen LogP contribution in [-0.2, 0) is 28.3 Å². The second-order valence-corrected chi connectivity index (χ2v) is 9.56. The molecule has 3 aromatic carbocycles. The minimum atomic E-state index is -4.57. The SMILES string of the molecule is C=CCn1c(S(=O)(=O)Cc2cccc(C(F)(F)F)c2)nc(-c2ccccc2)c1-c1ccccc1. The highest BCUT2D eigenvalue weighted by Crippen LogP contribution is 2.35. The molecule has 174 valence electrons. The molecule has 0 saturated carbocycles. The van der Waals surface area contributed by atoms with Crippen molar-refractivity contribution in [3.63, 3.8) is 0 Å². The summed E-state index contributed by atoms with van der Waals surface area (Å²) in [4.78, 5) is 4.52. The zero-order valence-electron chi connectivity index (χ0n) is 18.0. The number of alkyl halides is 3. The third-order valence-electron chi connectivity index (χ3n) is 5.23. The van der Waals surface area contributed by atoms with Crippen molar-refractivity contribution in [1.29, 1.82) is 0 Å². The van der Waals surface area contributed by atoms with E-state index in [0.29, 0.717) is 11.4 Å². The number of imidazole rings is 1. The molecule has 1 aromatic heterocycles. The summed E-state index contributed by atoms with van der Waals surface area (Å²) in [6.07, 6.45) is -3.01. The average Bonchev–Trinajstić information content (AvgIpc) is 3.20. The molecule has 0 bridgehead atoms. The molecule has 0 aliphatic rings. The van der Waals surface area contributed by atoms with Crippen LogP contribution in [-0.4, -0.2) is 18.0 Å². The first-order valence-electron chi connectivity index (χ1n) is 10.4. The number of benzene rings is 3. The highest BCUT2D eigenvalue weighted by atomic mass is 32.2. The van der Waals surface area contributed by atoms with Gasteiger partial charge in [-0.25, -0.2) is 13.4 Å². The topological polar surface area (TPSA) is 52.0 Å². The van der Waals surface area contributed by atoms with Gasteiger partial charge in [-0.15, -0.1) is 6.58 Å². The largest absolute Gasteiger partial charge is 0.416 e. The molecule has 0 radical (unpaired) electrons. The number of aromatic nitrogens is 2. The maximum Gasteiger partial charge on any atom is 0.416 e. The van der Waals surface area contributed by atoms with Gasteiger partial charge in [0.15, 0.2) is 0 Å². The number of nitrogens with zero attached hydrogens (tertiary/aromatic N) is 2. The molecule has 34 heavy (non-hydrogen) atoms. The van der Waals surface area contributed by atoms with Crippen molar-refractivity contribution < 1.29 is 21.6 Å². The summed E-state index contributed by atoms with van der Waals surface area (Å²) >= 11 is 0. The van der Waals surface area contributed by atoms with Gasteiger partial charge in [0.2, 0.25) is 15.0 Å². The molecule has 0 aliphatic heterocycles. The van der Waals surface area contributed by atoms with Crippen LogP contribution in [0.4, 0.5) is 13.2 Å². The van der Waals surface area contributed by atoms with Gasteiger partial charge in [-0.2, -0.15) is 13.2 Å². The fourth-order valence-corrected chi connectivity index (χ4v) is 5.26. The molecule has 1 heterocycles. The molecule has 0 fully saturated rings. The van der Waals surface area contributed by atoms with E-state index in [1.54, 1.807) is 10.6 Å². The Bertz CT molecular complexity index is 1410. The summed E-state index contributed by atoms with van der Waals surface area (Å²) < 4.78 is 68.0. The number of allylic oxidation sites excluding steroid dienone is 1. The van der Waals surface area contributed by atoms with Crippen molar-refractivity contribution in [3.8, 4) is 22.5 Å². The van der Waals surface area contributed by atoms with Gasteiger partial charge in [-0.05, 0) is 11.6 Å². The molecule has 0 spiro atoms. The Morgan fingerprint density at radius 1 is 0.882 bits per heavy atom. The summed E-state index contributed by atoms with van der Waals surface area (Å²) in [5.41, 5.74) is 1.68. The van der Waals surface area contributed by atoms with Gasteiger partial charge in [0.05, 0.1) is 22.7 Å². The first-order chi connectivity index (χ1) is 16.2. The van der Waals surface area contributed by atoms with E-state index in [1.807, 2.05) is 60.7 Å². The smallest absolute Gasteiger partial charge is 0.310 e. The fraction of sp³-hybridized carbons (Fsp3) is 0.115. The number of hydrogen-bond acceptors (Lipinski definition) is 3. The van der Waals surface area contributed by atoms with E-state index in [-0.39, 0.29) is 17.3 Å². The van der Waals surface area contributed by atoms with Crippen LogP contribution in [0.3, 0.4) is 0 Å².